The topological polar surface area (TPSA) is 119 Å². The zero-order valence-corrected chi connectivity index (χ0v) is 13.1. The van der Waals surface area contributed by atoms with Crippen molar-refractivity contribution in [2.45, 2.75) is 12.3 Å². The summed E-state index contributed by atoms with van der Waals surface area (Å²) in [7, 11) is 2.38. The van der Waals surface area contributed by atoms with E-state index < -0.39 is 29.2 Å². The van der Waals surface area contributed by atoms with Crippen molar-refractivity contribution in [1.82, 2.24) is 9.97 Å². The fraction of sp³-hybridized carbons (Fsp3) is 0.250. The van der Waals surface area contributed by atoms with Gasteiger partial charge in [0.1, 0.15) is 11.3 Å². The second kappa shape index (κ2) is 7.40. The van der Waals surface area contributed by atoms with Crippen molar-refractivity contribution in [2.75, 3.05) is 14.2 Å². The number of nitrogens with zero attached hydrogens (tertiary/aromatic N) is 1. The molecule has 0 fully saturated rings. The molecule has 2 aromatic rings. The van der Waals surface area contributed by atoms with Crippen molar-refractivity contribution in [3.63, 3.8) is 0 Å². The summed E-state index contributed by atoms with van der Waals surface area (Å²) in [5.41, 5.74) is -0.366. The maximum absolute atomic E-state index is 12.3. The number of nitrogens with one attached hydrogen (secondary N) is 1. The van der Waals surface area contributed by atoms with E-state index in [0.717, 1.165) is 13.3 Å². The van der Waals surface area contributed by atoms with Crippen LogP contribution in [0.25, 0.3) is 0 Å². The quantitative estimate of drug-likeness (QED) is 0.783. The van der Waals surface area contributed by atoms with Crippen molar-refractivity contribution in [1.29, 1.82) is 0 Å². The molecule has 1 atom stereocenters. The number of carbonyl (C=O) groups excluding carboxylic acids is 2. The lowest BCUT2D eigenvalue weighted by atomic mass is 9.88. The number of carbonyl (C=O) groups is 2. The van der Waals surface area contributed by atoms with Crippen LogP contribution in [0.15, 0.2) is 35.5 Å². The number of hydrogen-bond acceptors (Lipinski definition) is 7. The third-order valence-electron chi connectivity index (χ3n) is 3.56. The highest BCUT2D eigenvalue weighted by atomic mass is 16.5. The van der Waals surface area contributed by atoms with Gasteiger partial charge in [0.05, 0.1) is 26.2 Å². The Hall–Kier alpha value is -3.16. The lowest BCUT2D eigenvalue weighted by molar-refractivity contribution is -0.140. The Labute approximate surface area is 137 Å². The Kier molecular flexibility index (Phi) is 5.31. The number of methoxy groups -OCH3 is 2. The van der Waals surface area contributed by atoms with Gasteiger partial charge in [-0.3, -0.25) is 14.6 Å². The van der Waals surface area contributed by atoms with E-state index in [2.05, 4.69) is 19.4 Å². The van der Waals surface area contributed by atoms with E-state index in [1.54, 1.807) is 12.1 Å². The summed E-state index contributed by atoms with van der Waals surface area (Å²) in [6, 6.07) is 3.22. The Morgan fingerprint density at radius 1 is 1.25 bits per heavy atom. The number of hydrogen-bond donors (Lipinski definition) is 2. The average Bonchev–Trinajstić information content (AvgIpc) is 2.60. The van der Waals surface area contributed by atoms with Gasteiger partial charge in [-0.05, 0) is 17.7 Å². The van der Waals surface area contributed by atoms with Crippen LogP contribution in [-0.2, 0) is 14.3 Å². The van der Waals surface area contributed by atoms with E-state index in [1.807, 2.05) is 0 Å². The second-order valence-corrected chi connectivity index (χ2v) is 4.90. The molecule has 0 radical (unpaired) electrons. The Bertz CT molecular complexity index is 800. The van der Waals surface area contributed by atoms with Gasteiger partial charge in [0.15, 0.2) is 0 Å². The van der Waals surface area contributed by atoms with Gasteiger partial charge < -0.3 is 19.6 Å². The van der Waals surface area contributed by atoms with E-state index in [9.17, 15) is 19.5 Å². The molecule has 8 heteroatoms. The Morgan fingerprint density at radius 3 is 2.50 bits per heavy atom. The minimum atomic E-state index is -0.811. The molecule has 0 saturated carbocycles. The lowest BCUT2D eigenvalue weighted by Gasteiger charge is -2.18. The number of H-pyrrole nitrogens is 1. The maximum atomic E-state index is 12.3. The van der Waals surface area contributed by atoms with Crippen LogP contribution in [0.2, 0.25) is 0 Å². The SMILES string of the molecule is COC(=O)CC(c1ccncc1)c1c(O)c(C(=O)OC)c[nH]c1=O. The average molecular weight is 332 g/mol. The first-order valence-corrected chi connectivity index (χ1v) is 6.99. The summed E-state index contributed by atoms with van der Waals surface area (Å²) >= 11 is 0. The molecule has 0 aromatic carbocycles. The summed E-state index contributed by atoms with van der Waals surface area (Å²) in [6.07, 6.45) is 3.86. The van der Waals surface area contributed by atoms with Gasteiger partial charge in [-0.25, -0.2) is 4.79 Å². The molecular weight excluding hydrogens is 316 g/mol. The standard InChI is InChI=1S/C16H16N2O6/c1-23-12(19)7-10(9-3-5-17-6-4-9)13-14(20)11(16(22)24-2)8-18-15(13)21/h3-6,8,10H,7H2,1-2H3,(H2,18,20,21). The Balaban J connectivity index is 2.64. The zero-order valence-electron chi connectivity index (χ0n) is 13.1. The van der Waals surface area contributed by atoms with Crippen LogP contribution in [0.5, 0.6) is 5.75 Å². The van der Waals surface area contributed by atoms with Crippen LogP contribution < -0.4 is 5.56 Å². The summed E-state index contributed by atoms with van der Waals surface area (Å²) in [5.74, 6) is -2.72. The smallest absolute Gasteiger partial charge is 0.343 e. The highest BCUT2D eigenvalue weighted by Gasteiger charge is 2.28. The molecule has 2 rings (SSSR count). The number of aromatic amines is 1. The number of ether oxygens (including phenoxy) is 2. The molecule has 126 valence electrons. The fourth-order valence-electron chi connectivity index (χ4n) is 2.36. The number of aromatic hydroxyl groups is 1. The molecule has 0 amide bonds. The first-order valence-electron chi connectivity index (χ1n) is 6.99. The molecule has 2 aromatic heterocycles. The third kappa shape index (κ3) is 3.43. The molecule has 0 spiro atoms. The molecule has 24 heavy (non-hydrogen) atoms. The predicted molar refractivity (Wildman–Crippen MR) is 82.8 cm³/mol. The highest BCUT2D eigenvalue weighted by molar-refractivity contribution is 5.92. The maximum Gasteiger partial charge on any atom is 0.343 e. The van der Waals surface area contributed by atoms with Gasteiger partial charge in [0.2, 0.25) is 0 Å². The number of pyridine rings is 2. The van der Waals surface area contributed by atoms with Crippen molar-refractivity contribution >= 4 is 11.9 Å². The van der Waals surface area contributed by atoms with Crippen LogP contribution in [0, 0.1) is 0 Å². The molecule has 0 saturated heterocycles. The summed E-state index contributed by atoms with van der Waals surface area (Å²) in [4.78, 5) is 42.0. The molecular formula is C16H16N2O6. The monoisotopic (exact) mass is 332 g/mol. The summed E-state index contributed by atoms with van der Waals surface area (Å²) in [6.45, 7) is 0. The molecule has 2 heterocycles. The largest absolute Gasteiger partial charge is 0.506 e. The van der Waals surface area contributed by atoms with E-state index in [0.29, 0.717) is 5.56 Å². The van der Waals surface area contributed by atoms with Crippen LogP contribution in [0.4, 0.5) is 0 Å². The van der Waals surface area contributed by atoms with Crippen LogP contribution in [-0.4, -0.2) is 41.2 Å². The molecule has 0 aliphatic heterocycles. The predicted octanol–water partition coefficient (Wildman–Crippen LogP) is 0.957. The van der Waals surface area contributed by atoms with Crippen molar-refractivity contribution in [3.8, 4) is 5.75 Å². The number of aromatic nitrogens is 2. The van der Waals surface area contributed by atoms with E-state index in [4.69, 9.17) is 0 Å². The van der Waals surface area contributed by atoms with Crippen LogP contribution in [0.1, 0.15) is 33.8 Å². The first-order chi connectivity index (χ1) is 11.5. The summed E-state index contributed by atoms with van der Waals surface area (Å²) in [5, 5.41) is 10.4. The third-order valence-corrected chi connectivity index (χ3v) is 3.56. The van der Waals surface area contributed by atoms with Crippen LogP contribution in [0.3, 0.4) is 0 Å². The minimum absolute atomic E-state index is 0.116. The molecule has 1 unspecified atom stereocenters. The molecule has 8 nitrogen and oxygen atoms in total. The molecule has 0 bridgehead atoms. The summed E-state index contributed by atoms with van der Waals surface area (Å²) < 4.78 is 9.24. The van der Waals surface area contributed by atoms with Crippen LogP contribution >= 0.6 is 0 Å². The molecule has 2 N–H and O–H groups in total. The van der Waals surface area contributed by atoms with Crippen molar-refractivity contribution in [3.05, 3.63) is 57.8 Å². The van der Waals surface area contributed by atoms with Gasteiger partial charge in [0.25, 0.3) is 5.56 Å². The normalized spacial score (nSPS) is 11.6. The van der Waals surface area contributed by atoms with Gasteiger partial charge in [-0.1, -0.05) is 0 Å². The van der Waals surface area contributed by atoms with E-state index in [-0.39, 0.29) is 17.5 Å². The number of rotatable bonds is 5. The fourth-order valence-corrected chi connectivity index (χ4v) is 2.36. The first kappa shape index (κ1) is 17.2. The zero-order chi connectivity index (χ0) is 17.7. The second-order valence-electron chi connectivity index (χ2n) is 4.90. The van der Waals surface area contributed by atoms with E-state index in [1.165, 1.54) is 19.5 Å². The molecule has 0 aliphatic carbocycles. The lowest BCUT2D eigenvalue weighted by Crippen LogP contribution is -2.22. The Morgan fingerprint density at radius 2 is 1.92 bits per heavy atom. The minimum Gasteiger partial charge on any atom is -0.506 e. The van der Waals surface area contributed by atoms with Crippen molar-refractivity contribution in [2.24, 2.45) is 0 Å². The number of esters is 2. The highest BCUT2D eigenvalue weighted by Crippen LogP contribution is 2.33. The van der Waals surface area contributed by atoms with Gasteiger partial charge in [-0.2, -0.15) is 0 Å². The van der Waals surface area contributed by atoms with E-state index >= 15 is 0 Å². The van der Waals surface area contributed by atoms with Gasteiger partial charge in [0, 0.05) is 24.5 Å². The van der Waals surface area contributed by atoms with Gasteiger partial charge in [-0.15, -0.1) is 0 Å². The molecule has 0 aliphatic rings. The van der Waals surface area contributed by atoms with Gasteiger partial charge >= 0.3 is 11.9 Å². The van der Waals surface area contributed by atoms with Crippen molar-refractivity contribution < 1.29 is 24.2 Å².